The fraction of sp³-hybridized carbons (Fsp3) is 0.412. The molecule has 2 atom stereocenters. The first kappa shape index (κ1) is 15.2. The fourth-order valence-electron chi connectivity index (χ4n) is 2.67. The topological polar surface area (TPSA) is 51.2 Å². The predicted molar refractivity (Wildman–Crippen MR) is 87.8 cm³/mol. The van der Waals surface area contributed by atoms with Gasteiger partial charge in [0.25, 0.3) is 0 Å². The molecule has 0 unspecified atom stereocenters. The van der Waals surface area contributed by atoms with E-state index in [4.69, 9.17) is 4.74 Å². The number of aromatic nitrogens is 1. The predicted octanol–water partition coefficient (Wildman–Crippen LogP) is 3.47. The normalized spacial score (nSPS) is 19.1. The summed E-state index contributed by atoms with van der Waals surface area (Å²) in [6.45, 7) is 4.68. The molecule has 5 heteroatoms. The molecule has 0 radical (unpaired) electrons. The Morgan fingerprint density at radius 1 is 1.41 bits per heavy atom. The summed E-state index contributed by atoms with van der Waals surface area (Å²) in [5.41, 5.74) is 2.09. The molecule has 2 aromatic rings. The molecule has 1 aromatic heterocycles. The van der Waals surface area contributed by atoms with Gasteiger partial charge in [-0.15, -0.1) is 11.3 Å². The fourth-order valence-corrected chi connectivity index (χ4v) is 3.74. The summed E-state index contributed by atoms with van der Waals surface area (Å²) < 4.78 is 5.43. The Balaban J connectivity index is 1.74. The zero-order valence-corrected chi connectivity index (χ0v) is 13.7. The second-order valence-corrected chi connectivity index (χ2v) is 6.60. The van der Waals surface area contributed by atoms with Gasteiger partial charge in [0.2, 0.25) is 5.91 Å². The number of rotatable bonds is 4. The molecule has 0 aliphatic carbocycles. The Hall–Kier alpha value is -1.72. The number of benzene rings is 1. The molecule has 1 saturated heterocycles. The Labute approximate surface area is 134 Å². The molecule has 4 nitrogen and oxygen atoms in total. The van der Waals surface area contributed by atoms with Gasteiger partial charge in [-0.25, -0.2) is 4.98 Å². The lowest BCUT2D eigenvalue weighted by Crippen LogP contribution is -2.35. The van der Waals surface area contributed by atoms with E-state index in [9.17, 15) is 4.79 Å². The van der Waals surface area contributed by atoms with Crippen molar-refractivity contribution in [3.63, 3.8) is 0 Å². The highest BCUT2D eigenvalue weighted by atomic mass is 32.1. The lowest BCUT2D eigenvalue weighted by Gasteiger charge is -2.16. The Kier molecular flexibility index (Phi) is 4.55. The van der Waals surface area contributed by atoms with Gasteiger partial charge >= 0.3 is 0 Å². The van der Waals surface area contributed by atoms with E-state index in [0.29, 0.717) is 6.61 Å². The number of amides is 1. The van der Waals surface area contributed by atoms with Gasteiger partial charge in [0.05, 0.1) is 16.6 Å². The molecule has 1 amide bonds. The van der Waals surface area contributed by atoms with Gasteiger partial charge in [0, 0.05) is 12.2 Å². The smallest absolute Gasteiger partial charge is 0.249 e. The highest BCUT2D eigenvalue weighted by molar-refractivity contribution is 7.15. The van der Waals surface area contributed by atoms with Gasteiger partial charge in [-0.05, 0) is 26.7 Å². The minimum absolute atomic E-state index is 0.0148. The van der Waals surface area contributed by atoms with E-state index in [2.05, 4.69) is 22.4 Å². The van der Waals surface area contributed by atoms with Gasteiger partial charge < -0.3 is 10.1 Å². The highest BCUT2D eigenvalue weighted by Gasteiger charge is 2.26. The van der Waals surface area contributed by atoms with Crippen LogP contribution in [0.4, 0.5) is 0 Å². The van der Waals surface area contributed by atoms with E-state index < -0.39 is 0 Å². The maximum absolute atomic E-state index is 12.2. The second-order valence-electron chi connectivity index (χ2n) is 5.57. The largest absolute Gasteiger partial charge is 0.368 e. The van der Waals surface area contributed by atoms with Crippen molar-refractivity contribution < 1.29 is 9.53 Å². The van der Waals surface area contributed by atoms with Crippen LogP contribution in [0, 0.1) is 6.92 Å². The first-order valence-corrected chi connectivity index (χ1v) is 8.41. The summed E-state index contributed by atoms with van der Waals surface area (Å²) in [5, 5.41) is 4.04. The van der Waals surface area contributed by atoms with Crippen LogP contribution >= 0.6 is 11.3 Å². The van der Waals surface area contributed by atoms with Gasteiger partial charge in [-0.3, -0.25) is 4.79 Å². The molecule has 0 bridgehead atoms. The van der Waals surface area contributed by atoms with Crippen LogP contribution in [-0.4, -0.2) is 23.6 Å². The molecular weight excluding hydrogens is 296 g/mol. The molecule has 1 aliphatic heterocycles. The van der Waals surface area contributed by atoms with E-state index in [0.717, 1.165) is 34.0 Å². The van der Waals surface area contributed by atoms with Crippen molar-refractivity contribution in [1.29, 1.82) is 0 Å². The molecule has 0 spiro atoms. The number of hydrogen-bond donors (Lipinski definition) is 1. The standard InChI is InChI=1S/C17H20N2O2S/c1-11(18-16(20)14-9-6-10-21-14)15-12(2)19-17(22-15)13-7-4-3-5-8-13/h3-5,7-8,11,14H,6,9-10H2,1-2H3,(H,18,20)/t11-,14+/m0/s1. The summed E-state index contributed by atoms with van der Waals surface area (Å²) in [4.78, 5) is 17.9. The Morgan fingerprint density at radius 3 is 2.86 bits per heavy atom. The van der Waals surface area contributed by atoms with E-state index in [1.807, 2.05) is 32.0 Å². The minimum Gasteiger partial charge on any atom is -0.368 e. The number of carbonyl (C=O) groups excluding carboxylic acids is 1. The maximum atomic E-state index is 12.2. The number of hydrogen-bond acceptors (Lipinski definition) is 4. The van der Waals surface area contributed by atoms with Crippen LogP contribution in [0.5, 0.6) is 0 Å². The first-order valence-electron chi connectivity index (χ1n) is 7.60. The van der Waals surface area contributed by atoms with Crippen molar-refractivity contribution in [3.05, 3.63) is 40.9 Å². The average molecular weight is 316 g/mol. The second kappa shape index (κ2) is 6.58. The van der Waals surface area contributed by atoms with Gasteiger partial charge in [-0.1, -0.05) is 30.3 Å². The molecule has 2 heterocycles. The van der Waals surface area contributed by atoms with E-state index in [1.165, 1.54) is 0 Å². The van der Waals surface area contributed by atoms with Gasteiger partial charge in [0.15, 0.2) is 0 Å². The van der Waals surface area contributed by atoms with E-state index in [1.54, 1.807) is 11.3 Å². The number of aryl methyl sites for hydroxylation is 1. The zero-order chi connectivity index (χ0) is 15.5. The highest BCUT2D eigenvalue weighted by Crippen LogP contribution is 2.31. The van der Waals surface area contributed by atoms with Crippen LogP contribution in [0.2, 0.25) is 0 Å². The summed E-state index contributed by atoms with van der Waals surface area (Å²) in [6, 6.07) is 10.1. The van der Waals surface area contributed by atoms with Crippen LogP contribution in [0.25, 0.3) is 10.6 Å². The monoisotopic (exact) mass is 316 g/mol. The summed E-state index contributed by atoms with van der Waals surface area (Å²) in [7, 11) is 0. The van der Waals surface area contributed by atoms with Crippen molar-refractivity contribution in [2.45, 2.75) is 38.8 Å². The van der Waals surface area contributed by atoms with Crippen molar-refractivity contribution in [3.8, 4) is 10.6 Å². The Morgan fingerprint density at radius 2 is 2.18 bits per heavy atom. The quantitative estimate of drug-likeness (QED) is 0.939. The van der Waals surface area contributed by atoms with Crippen LogP contribution in [-0.2, 0) is 9.53 Å². The van der Waals surface area contributed by atoms with Crippen LogP contribution in [0.1, 0.15) is 36.4 Å². The first-order chi connectivity index (χ1) is 10.6. The third-order valence-electron chi connectivity index (χ3n) is 3.83. The lowest BCUT2D eigenvalue weighted by molar-refractivity contribution is -0.130. The molecule has 1 fully saturated rings. The lowest BCUT2D eigenvalue weighted by atomic mass is 10.2. The molecule has 3 rings (SSSR count). The molecule has 1 aliphatic rings. The summed E-state index contributed by atoms with van der Waals surface area (Å²) >= 11 is 1.64. The third-order valence-corrected chi connectivity index (χ3v) is 5.22. The number of nitrogens with zero attached hydrogens (tertiary/aromatic N) is 1. The minimum atomic E-state index is -0.288. The van der Waals surface area contributed by atoms with Crippen molar-refractivity contribution in [2.75, 3.05) is 6.61 Å². The number of thiazole rings is 1. The average Bonchev–Trinajstić information content (AvgIpc) is 3.17. The van der Waals surface area contributed by atoms with Crippen molar-refractivity contribution in [1.82, 2.24) is 10.3 Å². The van der Waals surface area contributed by atoms with Gasteiger partial charge in [-0.2, -0.15) is 0 Å². The molecular formula is C17H20N2O2S. The number of ether oxygens (including phenoxy) is 1. The van der Waals surface area contributed by atoms with Gasteiger partial charge in [0.1, 0.15) is 11.1 Å². The van der Waals surface area contributed by atoms with Crippen molar-refractivity contribution >= 4 is 17.2 Å². The molecule has 1 N–H and O–H groups in total. The van der Waals surface area contributed by atoms with Crippen LogP contribution in [0.15, 0.2) is 30.3 Å². The van der Waals surface area contributed by atoms with Crippen molar-refractivity contribution in [2.24, 2.45) is 0 Å². The zero-order valence-electron chi connectivity index (χ0n) is 12.8. The van der Waals surface area contributed by atoms with E-state index >= 15 is 0 Å². The van der Waals surface area contributed by atoms with Crippen LogP contribution < -0.4 is 5.32 Å². The Bertz CT molecular complexity index is 648. The molecule has 0 saturated carbocycles. The SMILES string of the molecule is Cc1nc(-c2ccccc2)sc1[C@H](C)NC(=O)[C@H]1CCCO1. The third kappa shape index (κ3) is 3.20. The molecule has 116 valence electrons. The van der Waals surface area contributed by atoms with E-state index in [-0.39, 0.29) is 18.1 Å². The molecule has 22 heavy (non-hydrogen) atoms. The number of nitrogens with one attached hydrogen (secondary N) is 1. The number of carbonyl (C=O) groups is 1. The summed E-state index contributed by atoms with van der Waals surface area (Å²) in [5.74, 6) is -0.0148. The van der Waals surface area contributed by atoms with Crippen LogP contribution in [0.3, 0.4) is 0 Å². The summed E-state index contributed by atoms with van der Waals surface area (Å²) in [6.07, 6.45) is 1.49. The maximum Gasteiger partial charge on any atom is 0.249 e. The molecule has 1 aromatic carbocycles.